The van der Waals surface area contributed by atoms with Gasteiger partial charge < -0.3 is 9.47 Å². The lowest BCUT2D eigenvalue weighted by Gasteiger charge is -2.11. The topological polar surface area (TPSA) is 72.2 Å². The molecule has 0 amide bonds. The van der Waals surface area contributed by atoms with Gasteiger partial charge in [-0.1, -0.05) is 13.8 Å². The molecule has 24 heavy (non-hydrogen) atoms. The molecule has 0 bridgehead atoms. The summed E-state index contributed by atoms with van der Waals surface area (Å²) in [7, 11) is 0. The van der Waals surface area contributed by atoms with Gasteiger partial charge in [0.1, 0.15) is 11.8 Å². The second-order valence-electron chi connectivity index (χ2n) is 5.67. The summed E-state index contributed by atoms with van der Waals surface area (Å²) in [4.78, 5) is 17.1. The maximum Gasteiger partial charge on any atom is 0.367 e. The minimum Gasteiger partial charge on any atom is -0.492 e. The van der Waals surface area contributed by atoms with Crippen molar-refractivity contribution < 1.29 is 14.3 Å². The normalized spacial score (nSPS) is 10.5. The van der Waals surface area contributed by atoms with Crippen molar-refractivity contribution in [2.24, 2.45) is 5.92 Å². The Kier molecular flexibility index (Phi) is 5.93. The van der Waals surface area contributed by atoms with E-state index in [4.69, 9.17) is 9.47 Å². The fraction of sp³-hybridized carbons (Fsp3) is 0.389. The van der Waals surface area contributed by atoms with Gasteiger partial charge >= 0.3 is 5.97 Å². The Morgan fingerprint density at radius 3 is 2.79 bits per heavy atom. The average molecular weight is 344 g/mol. The maximum absolute atomic E-state index is 11.8. The zero-order chi connectivity index (χ0) is 17.7. The van der Waals surface area contributed by atoms with Gasteiger partial charge in [-0.25, -0.2) is 9.78 Å². The Bertz CT molecular complexity index is 775. The predicted molar refractivity (Wildman–Crippen MR) is 93.3 cm³/mol. The molecule has 2 rings (SSSR count). The Morgan fingerprint density at radius 1 is 1.42 bits per heavy atom. The van der Waals surface area contributed by atoms with Crippen LogP contribution >= 0.6 is 11.3 Å². The lowest BCUT2D eigenvalue weighted by molar-refractivity contribution is 0.0526. The summed E-state index contributed by atoms with van der Waals surface area (Å²) in [6.07, 6.45) is 0. The number of ether oxygens (including phenoxy) is 2. The predicted octanol–water partition coefficient (Wildman–Crippen LogP) is 4.20. The molecule has 0 fully saturated rings. The summed E-state index contributed by atoms with van der Waals surface area (Å²) < 4.78 is 10.7. The quantitative estimate of drug-likeness (QED) is 0.734. The Morgan fingerprint density at radius 2 is 2.17 bits per heavy atom. The number of aryl methyl sites for hydroxylation is 1. The largest absolute Gasteiger partial charge is 0.492 e. The van der Waals surface area contributed by atoms with Crippen LogP contribution in [0, 0.1) is 24.2 Å². The van der Waals surface area contributed by atoms with Gasteiger partial charge in [-0.15, -0.1) is 11.3 Å². The first-order valence-electron chi connectivity index (χ1n) is 7.78. The third-order valence-electron chi connectivity index (χ3n) is 3.19. The van der Waals surface area contributed by atoms with Crippen molar-refractivity contribution in [1.82, 2.24) is 4.98 Å². The maximum atomic E-state index is 11.8. The van der Waals surface area contributed by atoms with Gasteiger partial charge in [-0.3, -0.25) is 0 Å². The van der Waals surface area contributed by atoms with Crippen molar-refractivity contribution in [3.8, 4) is 23.1 Å². The number of aromatic nitrogens is 1. The van der Waals surface area contributed by atoms with Gasteiger partial charge in [0.15, 0.2) is 0 Å². The van der Waals surface area contributed by atoms with E-state index in [1.165, 1.54) is 11.3 Å². The van der Waals surface area contributed by atoms with E-state index in [2.05, 4.69) is 24.9 Å². The first-order chi connectivity index (χ1) is 11.5. The molecule has 0 spiro atoms. The SMILES string of the molecule is CCOC(=O)c1nc(-c2ccc(OCC(C)C)c(C#N)c2)c(C)s1. The van der Waals surface area contributed by atoms with Gasteiger partial charge in [0.2, 0.25) is 5.01 Å². The summed E-state index contributed by atoms with van der Waals surface area (Å²) in [6, 6.07) is 7.53. The number of rotatable bonds is 6. The minimum atomic E-state index is -0.422. The molecule has 0 saturated carbocycles. The molecule has 126 valence electrons. The Balaban J connectivity index is 2.33. The molecule has 6 heteroatoms. The van der Waals surface area contributed by atoms with Crippen LogP contribution in [-0.2, 0) is 4.74 Å². The van der Waals surface area contributed by atoms with Crippen LogP contribution in [0.3, 0.4) is 0 Å². The van der Waals surface area contributed by atoms with Crippen LogP contribution in [0.15, 0.2) is 18.2 Å². The summed E-state index contributed by atoms with van der Waals surface area (Å²) in [5.41, 5.74) is 1.93. The van der Waals surface area contributed by atoms with E-state index < -0.39 is 5.97 Å². The van der Waals surface area contributed by atoms with Gasteiger partial charge in [-0.05, 0) is 38.0 Å². The summed E-state index contributed by atoms with van der Waals surface area (Å²) in [6.45, 7) is 8.62. The number of carbonyl (C=O) groups is 1. The highest BCUT2D eigenvalue weighted by molar-refractivity contribution is 7.13. The van der Waals surface area contributed by atoms with Crippen LogP contribution < -0.4 is 4.74 Å². The lowest BCUT2D eigenvalue weighted by Crippen LogP contribution is -2.05. The van der Waals surface area contributed by atoms with Crippen molar-refractivity contribution in [3.63, 3.8) is 0 Å². The van der Waals surface area contributed by atoms with Crippen LogP contribution in [0.5, 0.6) is 5.75 Å². The molecule has 1 aromatic carbocycles. The molecule has 0 aliphatic rings. The highest BCUT2D eigenvalue weighted by atomic mass is 32.1. The number of nitrogens with zero attached hydrogens (tertiary/aromatic N) is 2. The standard InChI is InChI=1S/C18H20N2O3S/c1-5-22-18(21)17-20-16(12(4)24-17)13-6-7-15(14(8-13)9-19)23-10-11(2)3/h6-8,11H,5,10H2,1-4H3. The van der Waals surface area contributed by atoms with E-state index in [9.17, 15) is 10.1 Å². The monoisotopic (exact) mass is 344 g/mol. The van der Waals surface area contributed by atoms with Crippen molar-refractivity contribution in [3.05, 3.63) is 33.6 Å². The van der Waals surface area contributed by atoms with E-state index in [1.54, 1.807) is 19.1 Å². The number of carbonyl (C=O) groups excluding carboxylic acids is 1. The van der Waals surface area contributed by atoms with Crippen LogP contribution in [0.1, 0.15) is 41.0 Å². The van der Waals surface area contributed by atoms with Gasteiger partial charge in [0.25, 0.3) is 0 Å². The number of esters is 1. The lowest BCUT2D eigenvalue weighted by atomic mass is 10.1. The number of hydrogen-bond donors (Lipinski definition) is 0. The van der Waals surface area contributed by atoms with E-state index in [0.29, 0.717) is 41.1 Å². The van der Waals surface area contributed by atoms with Crippen molar-refractivity contribution in [2.45, 2.75) is 27.7 Å². The molecular formula is C18H20N2O3S. The van der Waals surface area contributed by atoms with Crippen molar-refractivity contribution >= 4 is 17.3 Å². The van der Waals surface area contributed by atoms with E-state index >= 15 is 0 Å². The fourth-order valence-corrected chi connectivity index (χ4v) is 2.92. The first kappa shape index (κ1) is 18.0. The molecule has 0 saturated heterocycles. The molecule has 2 aromatic rings. The molecule has 5 nitrogen and oxygen atoms in total. The van der Waals surface area contributed by atoms with Crippen molar-refractivity contribution in [2.75, 3.05) is 13.2 Å². The zero-order valence-electron chi connectivity index (χ0n) is 14.3. The average Bonchev–Trinajstić information content (AvgIpc) is 2.95. The highest BCUT2D eigenvalue weighted by Gasteiger charge is 2.17. The molecule has 0 radical (unpaired) electrons. The highest BCUT2D eigenvalue weighted by Crippen LogP contribution is 2.31. The fourth-order valence-electron chi connectivity index (χ4n) is 2.09. The molecule has 1 heterocycles. The third kappa shape index (κ3) is 4.12. The third-order valence-corrected chi connectivity index (χ3v) is 4.14. The molecule has 0 N–H and O–H groups in total. The Labute approximate surface area is 145 Å². The van der Waals surface area contributed by atoms with Crippen LogP contribution in [0.25, 0.3) is 11.3 Å². The molecular weight excluding hydrogens is 324 g/mol. The molecule has 1 aromatic heterocycles. The zero-order valence-corrected chi connectivity index (χ0v) is 15.1. The van der Waals surface area contributed by atoms with Crippen LogP contribution in [0.2, 0.25) is 0 Å². The number of hydrogen-bond acceptors (Lipinski definition) is 6. The van der Waals surface area contributed by atoms with Gasteiger partial charge in [0.05, 0.1) is 24.5 Å². The molecule has 0 atom stereocenters. The molecule has 0 unspecified atom stereocenters. The number of thiazole rings is 1. The minimum absolute atomic E-state index is 0.313. The first-order valence-corrected chi connectivity index (χ1v) is 8.59. The van der Waals surface area contributed by atoms with Crippen LogP contribution in [0.4, 0.5) is 0 Å². The summed E-state index contributed by atoms with van der Waals surface area (Å²) in [5, 5.41) is 9.69. The van der Waals surface area contributed by atoms with E-state index in [1.807, 2.05) is 13.0 Å². The summed E-state index contributed by atoms with van der Waals surface area (Å²) >= 11 is 1.29. The van der Waals surface area contributed by atoms with Gasteiger partial charge in [0, 0.05) is 10.4 Å². The number of nitriles is 1. The second kappa shape index (κ2) is 7.93. The number of benzene rings is 1. The second-order valence-corrected chi connectivity index (χ2v) is 6.88. The van der Waals surface area contributed by atoms with E-state index in [-0.39, 0.29) is 0 Å². The van der Waals surface area contributed by atoms with Gasteiger partial charge in [-0.2, -0.15) is 5.26 Å². The summed E-state index contributed by atoms with van der Waals surface area (Å²) in [5.74, 6) is 0.520. The van der Waals surface area contributed by atoms with Crippen molar-refractivity contribution in [1.29, 1.82) is 5.26 Å². The Hall–Kier alpha value is -2.39. The van der Waals surface area contributed by atoms with Crippen LogP contribution in [-0.4, -0.2) is 24.2 Å². The van der Waals surface area contributed by atoms with E-state index in [0.717, 1.165) is 10.4 Å². The molecule has 0 aliphatic heterocycles. The smallest absolute Gasteiger partial charge is 0.367 e. The molecule has 0 aliphatic carbocycles.